The first-order valence-electron chi connectivity index (χ1n) is 6.50. The highest BCUT2D eigenvalue weighted by atomic mass is 16.1. The molecule has 3 heteroatoms. The summed E-state index contributed by atoms with van der Waals surface area (Å²) in [5.41, 5.74) is 5.53. The van der Waals surface area contributed by atoms with Gasteiger partial charge in [0.15, 0.2) is 0 Å². The smallest absolute Gasteiger partial charge is 0.248 e. The summed E-state index contributed by atoms with van der Waals surface area (Å²) >= 11 is 0. The van der Waals surface area contributed by atoms with Gasteiger partial charge in [0.2, 0.25) is 5.91 Å². The lowest BCUT2D eigenvalue weighted by molar-refractivity contribution is 0.100. The lowest BCUT2D eigenvalue weighted by Crippen LogP contribution is -2.36. The van der Waals surface area contributed by atoms with Gasteiger partial charge in [0.1, 0.15) is 0 Å². The van der Waals surface area contributed by atoms with Crippen LogP contribution in [0.1, 0.15) is 45.0 Å². The Morgan fingerprint density at radius 1 is 1.11 bits per heavy atom. The highest BCUT2D eigenvalue weighted by molar-refractivity contribution is 5.92. The standard InChI is InChI=1S/C8H19N.C7H7NO/c1-6-9(7(2)3)8(4)5;8-7(9)6-4-2-1-3-5-6/h7-8H,6H2,1-5H3;1-5H,(H2,8,9). The minimum Gasteiger partial charge on any atom is -0.366 e. The van der Waals surface area contributed by atoms with Crippen LogP contribution in [0.25, 0.3) is 0 Å². The average Bonchev–Trinajstić information content (AvgIpc) is 2.30. The largest absolute Gasteiger partial charge is 0.366 e. The van der Waals surface area contributed by atoms with E-state index in [2.05, 4.69) is 39.5 Å². The molecular weight excluding hydrogens is 224 g/mol. The van der Waals surface area contributed by atoms with Gasteiger partial charge in [-0.3, -0.25) is 9.69 Å². The molecule has 0 aliphatic carbocycles. The number of hydrogen-bond donors (Lipinski definition) is 1. The van der Waals surface area contributed by atoms with E-state index in [4.69, 9.17) is 5.73 Å². The van der Waals surface area contributed by atoms with Crippen LogP contribution >= 0.6 is 0 Å². The number of carbonyl (C=O) groups excluding carboxylic acids is 1. The van der Waals surface area contributed by atoms with Crippen LogP contribution in [0.5, 0.6) is 0 Å². The molecule has 0 atom stereocenters. The number of nitrogens with two attached hydrogens (primary N) is 1. The molecule has 2 N–H and O–H groups in total. The molecule has 0 heterocycles. The van der Waals surface area contributed by atoms with Gasteiger partial charge in [-0.2, -0.15) is 0 Å². The second kappa shape index (κ2) is 8.70. The first kappa shape index (κ1) is 16.6. The number of carbonyl (C=O) groups is 1. The number of rotatable bonds is 4. The molecule has 0 aromatic heterocycles. The summed E-state index contributed by atoms with van der Waals surface area (Å²) in [6, 6.07) is 10.1. The second-order valence-corrected chi connectivity index (χ2v) is 4.75. The molecule has 1 aromatic rings. The molecule has 0 saturated heterocycles. The van der Waals surface area contributed by atoms with Gasteiger partial charge in [-0.15, -0.1) is 0 Å². The molecule has 0 fully saturated rings. The van der Waals surface area contributed by atoms with Crippen molar-refractivity contribution in [1.82, 2.24) is 4.90 Å². The molecule has 0 aliphatic heterocycles. The zero-order valence-electron chi connectivity index (χ0n) is 12.2. The van der Waals surface area contributed by atoms with Crippen molar-refractivity contribution in [3.05, 3.63) is 35.9 Å². The van der Waals surface area contributed by atoms with Gasteiger partial charge in [-0.05, 0) is 46.4 Å². The summed E-state index contributed by atoms with van der Waals surface area (Å²) in [5.74, 6) is -0.379. The minimum atomic E-state index is -0.379. The van der Waals surface area contributed by atoms with E-state index in [0.29, 0.717) is 17.6 Å². The van der Waals surface area contributed by atoms with E-state index in [1.165, 1.54) is 0 Å². The van der Waals surface area contributed by atoms with Crippen molar-refractivity contribution in [1.29, 1.82) is 0 Å². The molecule has 0 spiro atoms. The number of primary amides is 1. The van der Waals surface area contributed by atoms with Crippen molar-refractivity contribution >= 4 is 5.91 Å². The Hall–Kier alpha value is -1.35. The summed E-state index contributed by atoms with van der Waals surface area (Å²) in [6.45, 7) is 12.3. The molecule has 18 heavy (non-hydrogen) atoms. The van der Waals surface area contributed by atoms with Crippen LogP contribution in [0.2, 0.25) is 0 Å². The maximum absolute atomic E-state index is 10.4. The summed E-state index contributed by atoms with van der Waals surface area (Å²) in [7, 11) is 0. The van der Waals surface area contributed by atoms with Crippen LogP contribution in [0.4, 0.5) is 0 Å². The lowest BCUT2D eigenvalue weighted by atomic mass is 10.2. The Labute approximate surface area is 111 Å². The molecule has 0 saturated carbocycles. The van der Waals surface area contributed by atoms with Crippen LogP contribution in [0.3, 0.4) is 0 Å². The van der Waals surface area contributed by atoms with Crippen LogP contribution in [0, 0.1) is 0 Å². The molecule has 3 nitrogen and oxygen atoms in total. The van der Waals surface area contributed by atoms with E-state index < -0.39 is 0 Å². The zero-order valence-corrected chi connectivity index (χ0v) is 12.2. The number of benzene rings is 1. The van der Waals surface area contributed by atoms with Crippen molar-refractivity contribution in [3.63, 3.8) is 0 Å². The third-order valence-electron chi connectivity index (χ3n) is 2.75. The first-order valence-corrected chi connectivity index (χ1v) is 6.50. The lowest BCUT2D eigenvalue weighted by Gasteiger charge is -2.28. The minimum absolute atomic E-state index is 0.379. The zero-order chi connectivity index (χ0) is 14.1. The Kier molecular flexibility index (Phi) is 8.05. The maximum atomic E-state index is 10.4. The highest BCUT2D eigenvalue weighted by Gasteiger charge is 2.08. The van der Waals surface area contributed by atoms with Gasteiger partial charge in [-0.1, -0.05) is 25.1 Å². The molecule has 0 bridgehead atoms. The third kappa shape index (κ3) is 6.40. The van der Waals surface area contributed by atoms with Crippen LogP contribution in [-0.2, 0) is 0 Å². The van der Waals surface area contributed by atoms with E-state index in [-0.39, 0.29) is 5.91 Å². The summed E-state index contributed by atoms with van der Waals surface area (Å²) < 4.78 is 0. The molecule has 0 radical (unpaired) electrons. The third-order valence-corrected chi connectivity index (χ3v) is 2.75. The van der Waals surface area contributed by atoms with Crippen LogP contribution in [0.15, 0.2) is 30.3 Å². The van der Waals surface area contributed by atoms with Gasteiger partial charge >= 0.3 is 0 Å². The maximum Gasteiger partial charge on any atom is 0.248 e. The normalized spacial score (nSPS) is 10.4. The second-order valence-electron chi connectivity index (χ2n) is 4.75. The fourth-order valence-corrected chi connectivity index (χ4v) is 1.93. The van der Waals surface area contributed by atoms with Crippen molar-refractivity contribution in [2.75, 3.05) is 6.54 Å². The van der Waals surface area contributed by atoms with Crippen molar-refractivity contribution in [3.8, 4) is 0 Å². The fraction of sp³-hybridized carbons (Fsp3) is 0.533. The number of nitrogens with zero attached hydrogens (tertiary/aromatic N) is 1. The van der Waals surface area contributed by atoms with Crippen LogP contribution in [-0.4, -0.2) is 29.4 Å². The van der Waals surface area contributed by atoms with Gasteiger partial charge in [0.05, 0.1) is 0 Å². The summed E-state index contributed by atoms with van der Waals surface area (Å²) in [6.07, 6.45) is 0. The SMILES string of the molecule is CCN(C(C)C)C(C)C.NC(=O)c1ccccc1. The molecule has 0 unspecified atom stereocenters. The quantitative estimate of drug-likeness (QED) is 0.893. The Morgan fingerprint density at radius 2 is 1.56 bits per heavy atom. The first-order chi connectivity index (χ1) is 8.40. The summed E-state index contributed by atoms with van der Waals surface area (Å²) in [4.78, 5) is 12.9. The van der Waals surface area contributed by atoms with Gasteiger partial charge < -0.3 is 5.73 Å². The van der Waals surface area contributed by atoms with Crippen molar-refractivity contribution < 1.29 is 4.79 Å². The van der Waals surface area contributed by atoms with Crippen molar-refractivity contribution in [2.45, 2.75) is 46.7 Å². The molecule has 0 aliphatic rings. The predicted molar refractivity (Wildman–Crippen MR) is 77.6 cm³/mol. The molecule has 102 valence electrons. The van der Waals surface area contributed by atoms with Gasteiger partial charge in [0, 0.05) is 17.6 Å². The summed E-state index contributed by atoms with van der Waals surface area (Å²) in [5, 5.41) is 0. The monoisotopic (exact) mass is 250 g/mol. The molecule has 1 aromatic carbocycles. The Balaban J connectivity index is 0.000000321. The molecule has 1 rings (SSSR count). The van der Waals surface area contributed by atoms with E-state index >= 15 is 0 Å². The predicted octanol–water partition coefficient (Wildman–Crippen LogP) is 2.91. The van der Waals surface area contributed by atoms with E-state index in [9.17, 15) is 4.79 Å². The average molecular weight is 250 g/mol. The molecular formula is C15H26N2O. The van der Waals surface area contributed by atoms with Crippen LogP contribution < -0.4 is 5.73 Å². The van der Waals surface area contributed by atoms with E-state index in [0.717, 1.165) is 6.54 Å². The Bertz CT molecular complexity index is 326. The Morgan fingerprint density at radius 3 is 1.72 bits per heavy atom. The van der Waals surface area contributed by atoms with Gasteiger partial charge in [0.25, 0.3) is 0 Å². The highest BCUT2D eigenvalue weighted by Crippen LogP contribution is 2.02. The van der Waals surface area contributed by atoms with E-state index in [1.807, 2.05) is 6.07 Å². The topological polar surface area (TPSA) is 46.3 Å². The van der Waals surface area contributed by atoms with E-state index in [1.54, 1.807) is 24.3 Å². The number of hydrogen-bond acceptors (Lipinski definition) is 2. The fourth-order valence-electron chi connectivity index (χ4n) is 1.93. The number of amides is 1. The van der Waals surface area contributed by atoms with Gasteiger partial charge in [-0.25, -0.2) is 0 Å². The van der Waals surface area contributed by atoms with Crippen molar-refractivity contribution in [2.24, 2.45) is 5.73 Å². The molecule has 1 amide bonds.